The van der Waals surface area contributed by atoms with Crippen LogP contribution in [0.2, 0.25) is 0 Å². The minimum absolute atomic E-state index is 0.0615. The van der Waals surface area contributed by atoms with Crippen LogP contribution in [0.5, 0.6) is 5.75 Å². The number of halogens is 1. The van der Waals surface area contributed by atoms with Gasteiger partial charge in [0.15, 0.2) is 0 Å². The second-order valence-corrected chi connectivity index (χ2v) is 7.28. The molecule has 2 nitrogen and oxygen atoms in total. The first kappa shape index (κ1) is 15.4. The third-order valence-corrected chi connectivity index (χ3v) is 4.44. The summed E-state index contributed by atoms with van der Waals surface area (Å²) in [7, 11) is 0. The Kier molecular flexibility index (Phi) is 5.09. The topological polar surface area (TPSA) is 35.1 Å². The Bertz CT molecular complexity index is 396. The van der Waals surface area contributed by atoms with E-state index in [1.54, 1.807) is 6.07 Å². The maximum atomic E-state index is 11.8. The molecule has 0 bridgehead atoms. The van der Waals surface area contributed by atoms with Crippen LogP contribution in [-0.4, -0.2) is 11.4 Å². The van der Waals surface area contributed by atoms with Gasteiger partial charge in [-0.3, -0.25) is 0 Å². The molecule has 0 saturated carbocycles. The minimum Gasteiger partial charge on any atom is -0.871 e. The van der Waals surface area contributed by atoms with Crippen molar-refractivity contribution < 1.29 is 5.11 Å². The first-order chi connectivity index (χ1) is 8.21. The van der Waals surface area contributed by atoms with Crippen LogP contribution in [0.15, 0.2) is 18.2 Å². The van der Waals surface area contributed by atoms with Crippen molar-refractivity contribution in [2.75, 3.05) is 11.9 Å². The Hall–Kier alpha value is -0.700. The van der Waals surface area contributed by atoms with Crippen LogP contribution in [0, 0.1) is 5.92 Å². The maximum absolute atomic E-state index is 11.8. The van der Waals surface area contributed by atoms with Gasteiger partial charge in [0.1, 0.15) is 0 Å². The van der Waals surface area contributed by atoms with E-state index in [9.17, 15) is 5.11 Å². The monoisotopic (exact) mass is 312 g/mol. The molecule has 1 atom stereocenters. The summed E-state index contributed by atoms with van der Waals surface area (Å²) in [6.45, 7) is 11.5. The lowest BCUT2D eigenvalue weighted by molar-refractivity contribution is -0.267. The van der Waals surface area contributed by atoms with Gasteiger partial charge in [-0.05, 0) is 23.0 Å². The van der Waals surface area contributed by atoms with E-state index in [0.29, 0.717) is 16.4 Å². The van der Waals surface area contributed by atoms with Crippen LogP contribution in [0.3, 0.4) is 0 Å². The predicted molar refractivity (Wildman–Crippen MR) is 80.6 cm³/mol. The Morgan fingerprint density at radius 3 is 2.39 bits per heavy atom. The van der Waals surface area contributed by atoms with Crippen molar-refractivity contribution in [3.63, 3.8) is 0 Å². The van der Waals surface area contributed by atoms with Crippen LogP contribution in [0.25, 0.3) is 0 Å². The van der Waals surface area contributed by atoms with Crippen molar-refractivity contribution in [2.45, 2.75) is 44.9 Å². The molecule has 0 radical (unpaired) electrons. The second kappa shape index (κ2) is 5.96. The van der Waals surface area contributed by atoms with Crippen molar-refractivity contribution in [1.29, 1.82) is 0 Å². The number of anilines is 1. The van der Waals surface area contributed by atoms with E-state index in [-0.39, 0.29) is 11.2 Å². The van der Waals surface area contributed by atoms with Gasteiger partial charge in [-0.2, -0.15) is 0 Å². The molecule has 0 aliphatic carbocycles. The molecule has 0 aliphatic rings. The van der Waals surface area contributed by atoms with Crippen molar-refractivity contribution in [3.8, 4) is 5.75 Å². The molecule has 0 aromatic heterocycles. The normalized spacial score (nSPS) is 13.7. The highest BCUT2D eigenvalue weighted by molar-refractivity contribution is 9.09. The van der Waals surface area contributed by atoms with Gasteiger partial charge in [0.2, 0.25) is 0 Å². The molecule has 0 saturated heterocycles. The third kappa shape index (κ3) is 4.20. The van der Waals surface area contributed by atoms with Crippen LogP contribution in [0.4, 0.5) is 5.69 Å². The molecule has 1 N–H and O–H groups in total. The lowest BCUT2D eigenvalue weighted by atomic mass is 9.87. The predicted octanol–water partition coefficient (Wildman–Crippen LogP) is 3.89. The Labute approximate surface area is 119 Å². The summed E-state index contributed by atoms with van der Waals surface area (Å²) in [5.41, 5.74) is 1.95. The molecule has 1 rings (SSSR count). The van der Waals surface area contributed by atoms with E-state index in [1.165, 1.54) is 5.56 Å². The zero-order chi connectivity index (χ0) is 13.9. The second-order valence-electron chi connectivity index (χ2n) is 6.10. The third-order valence-electron chi connectivity index (χ3n) is 3.06. The van der Waals surface area contributed by atoms with Gasteiger partial charge in [0.25, 0.3) is 0 Å². The van der Waals surface area contributed by atoms with Gasteiger partial charge < -0.3 is 10.4 Å². The van der Waals surface area contributed by atoms with E-state index in [4.69, 9.17) is 0 Å². The number of benzene rings is 1. The summed E-state index contributed by atoms with van der Waals surface area (Å²) in [5.74, 6) is 0.602. The molecule has 1 aromatic rings. The molecule has 3 heteroatoms. The Morgan fingerprint density at radius 2 is 1.89 bits per heavy atom. The summed E-state index contributed by atoms with van der Waals surface area (Å²) in [4.78, 5) is 0.371. The van der Waals surface area contributed by atoms with E-state index in [0.717, 1.165) is 6.54 Å². The number of nitrogens with one attached hydrogen (secondary N) is 1. The highest BCUT2D eigenvalue weighted by atomic mass is 79.9. The lowest BCUT2D eigenvalue weighted by Crippen LogP contribution is -2.20. The van der Waals surface area contributed by atoms with Crippen molar-refractivity contribution in [2.24, 2.45) is 5.92 Å². The molecule has 0 fully saturated rings. The highest BCUT2D eigenvalue weighted by Crippen LogP contribution is 2.29. The molecule has 0 spiro atoms. The van der Waals surface area contributed by atoms with Gasteiger partial charge >= 0.3 is 0 Å². The molecular formula is C15H23BrNO-. The van der Waals surface area contributed by atoms with E-state index >= 15 is 0 Å². The van der Waals surface area contributed by atoms with Gasteiger partial charge in [0, 0.05) is 17.1 Å². The number of hydrogen-bond donors (Lipinski definition) is 1. The largest absolute Gasteiger partial charge is 0.871 e. The van der Waals surface area contributed by atoms with Gasteiger partial charge in [0.05, 0.1) is 0 Å². The fourth-order valence-corrected chi connectivity index (χ4v) is 1.74. The number of rotatable bonds is 4. The van der Waals surface area contributed by atoms with Crippen LogP contribution < -0.4 is 10.4 Å². The van der Waals surface area contributed by atoms with Gasteiger partial charge in [-0.25, -0.2) is 0 Å². The maximum Gasteiger partial charge on any atom is 0.0341 e. The molecule has 1 unspecified atom stereocenters. The quantitative estimate of drug-likeness (QED) is 0.856. The van der Waals surface area contributed by atoms with Crippen LogP contribution in [-0.2, 0) is 5.41 Å². The number of alkyl halides is 1. The van der Waals surface area contributed by atoms with Gasteiger partial charge in [-0.1, -0.05) is 68.4 Å². The molecule has 1 aromatic carbocycles. The zero-order valence-electron chi connectivity index (χ0n) is 11.9. The van der Waals surface area contributed by atoms with Crippen LogP contribution >= 0.6 is 15.9 Å². The van der Waals surface area contributed by atoms with E-state index < -0.39 is 0 Å². The van der Waals surface area contributed by atoms with Gasteiger partial charge in [-0.15, -0.1) is 0 Å². The standard InChI is InChI=1S/C15H24BrNO/c1-10(2)12(16)9-17-13-8-11(15(3,4)5)6-7-14(13)18/h6-8,10,12,17-18H,9H2,1-5H3/p-1. The Morgan fingerprint density at radius 1 is 1.28 bits per heavy atom. The first-order valence-electron chi connectivity index (χ1n) is 6.41. The lowest BCUT2D eigenvalue weighted by Gasteiger charge is -2.24. The summed E-state index contributed by atoms with van der Waals surface area (Å²) in [6, 6.07) is 5.55. The smallest absolute Gasteiger partial charge is 0.0341 e. The van der Waals surface area contributed by atoms with Crippen molar-refractivity contribution in [3.05, 3.63) is 23.8 Å². The summed E-state index contributed by atoms with van der Waals surface area (Å²) in [6.07, 6.45) is 0. The fourth-order valence-electron chi connectivity index (χ4n) is 1.58. The van der Waals surface area contributed by atoms with Crippen molar-refractivity contribution >= 4 is 21.6 Å². The van der Waals surface area contributed by atoms with Crippen LogP contribution in [0.1, 0.15) is 40.2 Å². The van der Waals surface area contributed by atoms with Crippen molar-refractivity contribution in [1.82, 2.24) is 0 Å². The molecule has 0 aliphatic heterocycles. The average Bonchev–Trinajstić information content (AvgIpc) is 2.25. The summed E-state index contributed by atoms with van der Waals surface area (Å²) >= 11 is 3.62. The SMILES string of the molecule is CC(C)C(Br)CNc1cc(C(C)(C)C)ccc1[O-]. The fraction of sp³-hybridized carbons (Fsp3) is 0.600. The number of hydrogen-bond acceptors (Lipinski definition) is 2. The minimum atomic E-state index is 0.0615. The molecule has 18 heavy (non-hydrogen) atoms. The molecular weight excluding hydrogens is 290 g/mol. The summed E-state index contributed by atoms with van der Waals surface area (Å²) in [5, 5.41) is 15.1. The summed E-state index contributed by atoms with van der Waals surface area (Å²) < 4.78 is 0. The van der Waals surface area contributed by atoms with E-state index in [1.807, 2.05) is 12.1 Å². The Balaban J connectivity index is 2.82. The zero-order valence-corrected chi connectivity index (χ0v) is 13.5. The highest BCUT2D eigenvalue weighted by Gasteiger charge is 2.14. The first-order valence-corrected chi connectivity index (χ1v) is 7.33. The molecule has 102 valence electrons. The average molecular weight is 313 g/mol. The van der Waals surface area contributed by atoms with E-state index in [2.05, 4.69) is 55.9 Å². The molecule has 0 amide bonds. The molecule has 0 heterocycles.